The minimum Gasteiger partial charge on any atom is -0.507 e. The van der Waals surface area contributed by atoms with E-state index in [0.717, 1.165) is 10.0 Å². The van der Waals surface area contributed by atoms with Crippen molar-refractivity contribution in [2.24, 2.45) is 0 Å². The summed E-state index contributed by atoms with van der Waals surface area (Å²) in [6.45, 7) is 2.14. The molecule has 0 aliphatic carbocycles. The molecule has 1 aliphatic rings. The van der Waals surface area contributed by atoms with Gasteiger partial charge in [0, 0.05) is 16.6 Å². The van der Waals surface area contributed by atoms with Crippen LogP contribution in [0.4, 0.5) is 0 Å². The number of esters is 1. The van der Waals surface area contributed by atoms with Crippen LogP contribution in [0.15, 0.2) is 88.9 Å². The first-order valence-corrected chi connectivity index (χ1v) is 11.6. The van der Waals surface area contributed by atoms with Crippen molar-refractivity contribution in [2.75, 3.05) is 6.61 Å². The van der Waals surface area contributed by atoms with Gasteiger partial charge in [-0.15, -0.1) is 0 Å². The summed E-state index contributed by atoms with van der Waals surface area (Å²) in [5.74, 6) is -2.08. The molecule has 1 unspecified atom stereocenters. The lowest BCUT2D eigenvalue weighted by atomic mass is 9.95. The van der Waals surface area contributed by atoms with E-state index in [1.165, 1.54) is 4.90 Å². The predicted molar refractivity (Wildman–Crippen MR) is 131 cm³/mol. The number of benzene rings is 3. The number of amides is 1. The third-order valence-electron chi connectivity index (χ3n) is 5.59. The molecule has 0 saturated carbocycles. The Bertz CT molecular complexity index is 1250. The van der Waals surface area contributed by atoms with E-state index in [-0.39, 0.29) is 24.5 Å². The van der Waals surface area contributed by atoms with E-state index in [1.807, 2.05) is 30.3 Å². The molecule has 1 heterocycles. The number of hydrogen-bond acceptors (Lipinski definition) is 5. The van der Waals surface area contributed by atoms with Crippen LogP contribution in [0.25, 0.3) is 5.76 Å². The summed E-state index contributed by atoms with van der Waals surface area (Å²) in [4.78, 5) is 39.6. The van der Waals surface area contributed by atoms with Crippen molar-refractivity contribution in [3.8, 4) is 0 Å². The second-order valence-corrected chi connectivity index (χ2v) is 8.68. The number of ether oxygens (including phenoxy) is 1. The molecular weight excluding hydrogens is 498 g/mol. The lowest BCUT2D eigenvalue weighted by Gasteiger charge is -2.25. The van der Waals surface area contributed by atoms with Crippen LogP contribution >= 0.6 is 15.9 Å². The quantitative estimate of drug-likeness (QED) is 0.208. The number of aliphatic hydroxyl groups excluding tert-OH is 1. The molecular formula is C27H22BrNO5. The molecule has 172 valence electrons. The van der Waals surface area contributed by atoms with Crippen LogP contribution in [-0.2, 0) is 20.9 Å². The monoisotopic (exact) mass is 519 g/mol. The molecule has 0 aromatic heterocycles. The molecule has 1 amide bonds. The van der Waals surface area contributed by atoms with Crippen LogP contribution in [0.1, 0.15) is 40.0 Å². The highest BCUT2D eigenvalue weighted by Gasteiger charge is 2.46. The van der Waals surface area contributed by atoms with E-state index in [2.05, 4.69) is 15.9 Å². The maximum atomic E-state index is 13.1. The fourth-order valence-corrected chi connectivity index (χ4v) is 4.21. The number of rotatable bonds is 6. The van der Waals surface area contributed by atoms with Crippen molar-refractivity contribution in [2.45, 2.75) is 19.5 Å². The van der Waals surface area contributed by atoms with Crippen molar-refractivity contribution in [1.82, 2.24) is 4.90 Å². The lowest BCUT2D eigenvalue weighted by molar-refractivity contribution is -0.140. The summed E-state index contributed by atoms with van der Waals surface area (Å²) in [6, 6.07) is 22.0. The normalized spacial score (nSPS) is 17.1. The molecule has 3 aromatic rings. The molecule has 6 nitrogen and oxygen atoms in total. The van der Waals surface area contributed by atoms with Gasteiger partial charge in [0.2, 0.25) is 0 Å². The predicted octanol–water partition coefficient (Wildman–Crippen LogP) is 5.25. The zero-order chi connectivity index (χ0) is 24.2. The Labute approximate surface area is 205 Å². The SMILES string of the molecule is CCOC(=O)c1ccc(CN2C(=O)C(=O)/C(=C(/O)c3ccc(Br)cc3)C2c2ccccc2)cc1. The van der Waals surface area contributed by atoms with Crippen LogP contribution in [0.2, 0.25) is 0 Å². The summed E-state index contributed by atoms with van der Waals surface area (Å²) in [7, 11) is 0. The number of nitrogens with zero attached hydrogens (tertiary/aromatic N) is 1. The number of carbonyl (C=O) groups excluding carboxylic acids is 3. The van der Waals surface area contributed by atoms with Gasteiger partial charge in [0.25, 0.3) is 11.7 Å². The first-order valence-electron chi connectivity index (χ1n) is 10.8. The van der Waals surface area contributed by atoms with Gasteiger partial charge in [0.1, 0.15) is 5.76 Å². The Morgan fingerprint density at radius 2 is 1.56 bits per heavy atom. The van der Waals surface area contributed by atoms with Gasteiger partial charge >= 0.3 is 5.97 Å². The number of carbonyl (C=O) groups is 3. The van der Waals surface area contributed by atoms with Gasteiger partial charge in [0.05, 0.1) is 23.8 Å². The maximum absolute atomic E-state index is 13.1. The van der Waals surface area contributed by atoms with Crippen molar-refractivity contribution in [1.29, 1.82) is 0 Å². The maximum Gasteiger partial charge on any atom is 0.338 e. The largest absolute Gasteiger partial charge is 0.507 e. The summed E-state index contributed by atoms with van der Waals surface area (Å²) in [5, 5.41) is 11.1. The third kappa shape index (κ3) is 4.65. The molecule has 1 atom stereocenters. The summed E-state index contributed by atoms with van der Waals surface area (Å²) in [5.41, 5.74) is 2.34. The molecule has 4 rings (SSSR count). The van der Waals surface area contributed by atoms with Gasteiger partial charge in [0.15, 0.2) is 0 Å². The molecule has 0 radical (unpaired) electrons. The van der Waals surface area contributed by atoms with E-state index in [1.54, 1.807) is 55.5 Å². The first-order chi connectivity index (χ1) is 16.4. The molecule has 1 aliphatic heterocycles. The van der Waals surface area contributed by atoms with Crippen molar-refractivity contribution in [3.05, 3.63) is 111 Å². The number of hydrogen-bond donors (Lipinski definition) is 1. The average molecular weight is 520 g/mol. The van der Waals surface area contributed by atoms with E-state index >= 15 is 0 Å². The molecule has 7 heteroatoms. The molecule has 1 N–H and O–H groups in total. The van der Waals surface area contributed by atoms with E-state index in [4.69, 9.17) is 4.74 Å². The minimum absolute atomic E-state index is 0.0432. The van der Waals surface area contributed by atoms with Crippen LogP contribution < -0.4 is 0 Å². The zero-order valence-corrected chi connectivity index (χ0v) is 20.0. The fourth-order valence-electron chi connectivity index (χ4n) is 3.95. The Balaban J connectivity index is 1.74. The standard InChI is InChI=1S/C27H22BrNO5/c1-2-34-27(33)20-10-8-17(9-11-20)16-29-23(18-6-4-3-5-7-18)22(25(31)26(29)32)24(30)19-12-14-21(28)15-13-19/h3-15,23,30H,2,16H2,1H3/b24-22+. The van der Waals surface area contributed by atoms with Crippen LogP contribution in [0.5, 0.6) is 0 Å². The van der Waals surface area contributed by atoms with Gasteiger partial charge < -0.3 is 14.7 Å². The molecule has 0 bridgehead atoms. The number of likely N-dealkylation sites (tertiary alicyclic amines) is 1. The molecule has 1 fully saturated rings. The van der Waals surface area contributed by atoms with Gasteiger partial charge in [-0.25, -0.2) is 4.79 Å². The smallest absolute Gasteiger partial charge is 0.338 e. The highest BCUT2D eigenvalue weighted by molar-refractivity contribution is 9.10. The Kier molecular flexibility index (Phi) is 6.93. The Hall–Kier alpha value is -3.71. The molecule has 34 heavy (non-hydrogen) atoms. The van der Waals surface area contributed by atoms with Gasteiger partial charge in [-0.05, 0) is 42.3 Å². The highest BCUT2D eigenvalue weighted by Crippen LogP contribution is 2.40. The lowest BCUT2D eigenvalue weighted by Crippen LogP contribution is -2.29. The van der Waals surface area contributed by atoms with E-state index in [9.17, 15) is 19.5 Å². The third-order valence-corrected chi connectivity index (χ3v) is 6.12. The first kappa shape index (κ1) is 23.4. The summed E-state index contributed by atoms with van der Waals surface area (Å²) >= 11 is 3.36. The second kappa shape index (κ2) is 10.1. The number of halogens is 1. The molecule has 1 saturated heterocycles. The molecule has 0 spiro atoms. The minimum atomic E-state index is -0.755. The number of aliphatic hydroxyl groups is 1. The number of Topliss-reactive ketones (excluding diaryl/α,β-unsaturated/α-hetero) is 1. The second-order valence-electron chi connectivity index (χ2n) is 7.76. The van der Waals surface area contributed by atoms with Crippen LogP contribution in [0.3, 0.4) is 0 Å². The van der Waals surface area contributed by atoms with Gasteiger partial charge in [-0.2, -0.15) is 0 Å². The topological polar surface area (TPSA) is 83.9 Å². The van der Waals surface area contributed by atoms with Crippen LogP contribution in [-0.4, -0.2) is 34.3 Å². The van der Waals surface area contributed by atoms with Gasteiger partial charge in [-0.1, -0.05) is 70.5 Å². The van der Waals surface area contributed by atoms with Crippen molar-refractivity contribution < 1.29 is 24.2 Å². The van der Waals surface area contributed by atoms with E-state index in [0.29, 0.717) is 16.7 Å². The van der Waals surface area contributed by atoms with Gasteiger partial charge in [-0.3, -0.25) is 9.59 Å². The highest BCUT2D eigenvalue weighted by atomic mass is 79.9. The Morgan fingerprint density at radius 3 is 2.18 bits per heavy atom. The fraction of sp³-hybridized carbons (Fsp3) is 0.148. The molecule has 3 aromatic carbocycles. The van der Waals surface area contributed by atoms with Crippen LogP contribution in [0, 0.1) is 0 Å². The Morgan fingerprint density at radius 1 is 0.941 bits per heavy atom. The van der Waals surface area contributed by atoms with E-state index < -0.39 is 23.7 Å². The average Bonchev–Trinajstić information content (AvgIpc) is 3.10. The van der Waals surface area contributed by atoms with Crippen molar-refractivity contribution >= 4 is 39.3 Å². The summed E-state index contributed by atoms with van der Waals surface area (Å²) < 4.78 is 5.84. The van der Waals surface area contributed by atoms with Crippen molar-refractivity contribution in [3.63, 3.8) is 0 Å². The summed E-state index contributed by atoms with van der Waals surface area (Å²) in [6.07, 6.45) is 0. The zero-order valence-electron chi connectivity index (χ0n) is 18.4. The number of ketones is 1.